The largest absolute Gasteiger partial charge is 0.472 e. The Morgan fingerprint density at radius 1 is 1.40 bits per heavy atom. The van der Waals surface area contributed by atoms with Crippen molar-refractivity contribution >= 4 is 11.8 Å². The molecule has 110 valence electrons. The molecule has 0 radical (unpaired) electrons. The minimum absolute atomic E-state index is 0.218. The molecular formula is C14H20N2O4. The Balaban J connectivity index is 1.84. The van der Waals surface area contributed by atoms with Crippen molar-refractivity contribution in [1.29, 1.82) is 0 Å². The van der Waals surface area contributed by atoms with Crippen molar-refractivity contribution < 1.29 is 19.1 Å². The summed E-state index contributed by atoms with van der Waals surface area (Å²) < 4.78 is 4.82. The number of carbonyl (C=O) groups excluding carboxylic acids is 2. The minimum atomic E-state index is -0.661. The number of amides is 2. The summed E-state index contributed by atoms with van der Waals surface area (Å²) in [4.78, 5) is 23.8. The van der Waals surface area contributed by atoms with Gasteiger partial charge in [0.2, 0.25) is 5.91 Å². The second-order valence-corrected chi connectivity index (χ2v) is 5.17. The SMILES string of the molecule is CC(NC(=O)c1ccoc1)C(=O)NC1CCCCC1O. The molecule has 3 atom stereocenters. The van der Waals surface area contributed by atoms with Crippen molar-refractivity contribution in [3.05, 3.63) is 24.2 Å². The normalized spacial score (nSPS) is 23.9. The summed E-state index contributed by atoms with van der Waals surface area (Å²) in [7, 11) is 0. The second-order valence-electron chi connectivity index (χ2n) is 5.17. The van der Waals surface area contributed by atoms with Crippen LogP contribution in [0.2, 0.25) is 0 Å². The molecule has 0 aromatic carbocycles. The number of nitrogens with one attached hydrogen (secondary N) is 2. The number of hydrogen-bond acceptors (Lipinski definition) is 4. The molecule has 1 aromatic rings. The van der Waals surface area contributed by atoms with Crippen molar-refractivity contribution in [2.45, 2.75) is 50.8 Å². The van der Waals surface area contributed by atoms with Crippen LogP contribution < -0.4 is 10.6 Å². The molecule has 0 saturated heterocycles. The molecule has 6 heteroatoms. The van der Waals surface area contributed by atoms with Gasteiger partial charge in [0.1, 0.15) is 12.3 Å². The van der Waals surface area contributed by atoms with Gasteiger partial charge in [0.25, 0.3) is 5.91 Å². The van der Waals surface area contributed by atoms with E-state index in [0.717, 1.165) is 19.3 Å². The quantitative estimate of drug-likeness (QED) is 0.761. The highest BCUT2D eigenvalue weighted by Gasteiger charge is 2.26. The molecule has 2 amide bonds. The van der Waals surface area contributed by atoms with E-state index in [1.807, 2.05) is 0 Å². The number of rotatable bonds is 4. The third-order valence-corrected chi connectivity index (χ3v) is 3.58. The molecule has 6 nitrogen and oxygen atoms in total. The summed E-state index contributed by atoms with van der Waals surface area (Å²) in [5, 5.41) is 15.2. The Bertz CT molecular complexity index is 458. The molecule has 1 aliphatic carbocycles. The summed E-state index contributed by atoms with van der Waals surface area (Å²) in [6, 6.07) is 0.654. The first-order valence-corrected chi connectivity index (χ1v) is 6.89. The minimum Gasteiger partial charge on any atom is -0.472 e. The van der Waals surface area contributed by atoms with Crippen molar-refractivity contribution in [2.24, 2.45) is 0 Å². The Kier molecular flexibility index (Phi) is 4.79. The van der Waals surface area contributed by atoms with Gasteiger partial charge in [-0.1, -0.05) is 12.8 Å². The Morgan fingerprint density at radius 2 is 2.15 bits per heavy atom. The highest BCUT2D eigenvalue weighted by atomic mass is 16.3. The lowest BCUT2D eigenvalue weighted by Crippen LogP contribution is -2.52. The van der Waals surface area contributed by atoms with Gasteiger partial charge >= 0.3 is 0 Å². The van der Waals surface area contributed by atoms with Crippen LogP contribution in [0.5, 0.6) is 0 Å². The van der Waals surface area contributed by atoms with Crippen molar-refractivity contribution in [2.75, 3.05) is 0 Å². The van der Waals surface area contributed by atoms with Crippen LogP contribution in [-0.2, 0) is 4.79 Å². The Hall–Kier alpha value is -1.82. The van der Waals surface area contributed by atoms with Crippen LogP contribution in [0.15, 0.2) is 23.0 Å². The van der Waals surface area contributed by atoms with Gasteiger partial charge in [0.05, 0.1) is 24.0 Å². The van der Waals surface area contributed by atoms with E-state index in [1.165, 1.54) is 18.6 Å². The van der Waals surface area contributed by atoms with Gasteiger partial charge in [-0.05, 0) is 25.8 Å². The standard InChI is InChI=1S/C14H20N2O4/c1-9(15-14(19)10-6-7-20-8-10)13(18)16-11-4-2-3-5-12(11)17/h6-9,11-12,17H,2-5H2,1H3,(H,15,19)(H,16,18). The molecular weight excluding hydrogens is 260 g/mol. The smallest absolute Gasteiger partial charge is 0.255 e. The van der Waals surface area contributed by atoms with Gasteiger partial charge in [-0.2, -0.15) is 0 Å². The number of carbonyl (C=O) groups is 2. The first-order chi connectivity index (χ1) is 9.58. The molecule has 20 heavy (non-hydrogen) atoms. The maximum Gasteiger partial charge on any atom is 0.255 e. The Labute approximate surface area is 117 Å². The highest BCUT2D eigenvalue weighted by Crippen LogP contribution is 2.18. The van der Waals surface area contributed by atoms with Crippen LogP contribution in [0.4, 0.5) is 0 Å². The maximum atomic E-state index is 12.0. The molecule has 1 aliphatic rings. The zero-order chi connectivity index (χ0) is 14.5. The van der Waals surface area contributed by atoms with Crippen LogP contribution in [0.25, 0.3) is 0 Å². The zero-order valence-corrected chi connectivity index (χ0v) is 11.5. The van der Waals surface area contributed by atoms with Crippen LogP contribution in [0.1, 0.15) is 43.0 Å². The molecule has 1 aromatic heterocycles. The molecule has 0 aliphatic heterocycles. The highest BCUT2D eigenvalue weighted by molar-refractivity contribution is 5.97. The van der Waals surface area contributed by atoms with E-state index in [9.17, 15) is 14.7 Å². The average molecular weight is 280 g/mol. The number of aliphatic hydroxyl groups is 1. The molecule has 1 saturated carbocycles. The third-order valence-electron chi connectivity index (χ3n) is 3.58. The maximum absolute atomic E-state index is 12.0. The first kappa shape index (κ1) is 14.6. The summed E-state index contributed by atoms with van der Waals surface area (Å²) in [5.74, 6) is -0.640. The van der Waals surface area contributed by atoms with Gasteiger partial charge in [-0.3, -0.25) is 9.59 Å². The molecule has 2 rings (SSSR count). The Morgan fingerprint density at radius 3 is 2.80 bits per heavy atom. The summed E-state index contributed by atoms with van der Waals surface area (Å²) in [6.07, 6.45) is 5.70. The lowest BCUT2D eigenvalue weighted by Gasteiger charge is -2.29. The van der Waals surface area contributed by atoms with E-state index in [0.29, 0.717) is 12.0 Å². The van der Waals surface area contributed by atoms with Crippen molar-refractivity contribution in [3.8, 4) is 0 Å². The van der Waals surface area contributed by atoms with Crippen LogP contribution >= 0.6 is 0 Å². The summed E-state index contributed by atoms with van der Waals surface area (Å²) in [5.41, 5.74) is 0.377. The van der Waals surface area contributed by atoms with Crippen LogP contribution in [0.3, 0.4) is 0 Å². The third kappa shape index (κ3) is 3.60. The van der Waals surface area contributed by atoms with Crippen molar-refractivity contribution in [3.63, 3.8) is 0 Å². The lowest BCUT2D eigenvalue weighted by atomic mass is 9.92. The van der Waals surface area contributed by atoms with E-state index in [1.54, 1.807) is 6.92 Å². The molecule has 1 fully saturated rings. The number of aliphatic hydroxyl groups excluding tert-OH is 1. The molecule has 0 spiro atoms. The zero-order valence-electron chi connectivity index (χ0n) is 11.5. The van der Waals surface area contributed by atoms with Gasteiger partial charge in [0.15, 0.2) is 0 Å². The van der Waals surface area contributed by atoms with E-state index < -0.39 is 12.1 Å². The second kappa shape index (κ2) is 6.56. The topological polar surface area (TPSA) is 91.6 Å². The number of hydrogen-bond donors (Lipinski definition) is 3. The van der Waals surface area contributed by atoms with Crippen LogP contribution in [0, 0.1) is 0 Å². The fourth-order valence-corrected chi connectivity index (χ4v) is 2.33. The van der Waals surface area contributed by atoms with Crippen molar-refractivity contribution in [1.82, 2.24) is 10.6 Å². The summed E-state index contributed by atoms with van der Waals surface area (Å²) >= 11 is 0. The summed E-state index contributed by atoms with van der Waals surface area (Å²) in [6.45, 7) is 1.61. The van der Waals surface area contributed by atoms with E-state index in [2.05, 4.69) is 10.6 Å². The van der Waals surface area contributed by atoms with Gasteiger partial charge in [0, 0.05) is 0 Å². The van der Waals surface area contributed by atoms with Gasteiger partial charge in [-0.15, -0.1) is 0 Å². The fourth-order valence-electron chi connectivity index (χ4n) is 2.33. The monoisotopic (exact) mass is 280 g/mol. The predicted octanol–water partition coefficient (Wildman–Crippen LogP) is 0.818. The van der Waals surface area contributed by atoms with Gasteiger partial charge < -0.3 is 20.2 Å². The predicted molar refractivity (Wildman–Crippen MR) is 72.0 cm³/mol. The number of furan rings is 1. The van der Waals surface area contributed by atoms with E-state index in [4.69, 9.17) is 4.42 Å². The fraction of sp³-hybridized carbons (Fsp3) is 0.571. The molecule has 1 heterocycles. The molecule has 0 bridgehead atoms. The van der Waals surface area contributed by atoms with E-state index in [-0.39, 0.29) is 17.9 Å². The molecule has 3 unspecified atom stereocenters. The van der Waals surface area contributed by atoms with Crippen LogP contribution in [-0.4, -0.2) is 35.1 Å². The van der Waals surface area contributed by atoms with Gasteiger partial charge in [-0.25, -0.2) is 0 Å². The van der Waals surface area contributed by atoms with E-state index >= 15 is 0 Å². The first-order valence-electron chi connectivity index (χ1n) is 6.89. The molecule has 3 N–H and O–H groups in total. The lowest BCUT2D eigenvalue weighted by molar-refractivity contribution is -0.124. The average Bonchev–Trinajstić information content (AvgIpc) is 2.95.